The zero-order valence-electron chi connectivity index (χ0n) is 10.4. The second-order valence-electron chi connectivity index (χ2n) is 4.93. The van der Waals surface area contributed by atoms with Gasteiger partial charge in [-0.25, -0.2) is 4.39 Å². The van der Waals surface area contributed by atoms with Gasteiger partial charge in [0.1, 0.15) is 6.17 Å². The highest BCUT2D eigenvalue weighted by Gasteiger charge is 2.20. The largest absolute Gasteiger partial charge is 0.397 e. The molecule has 0 saturated carbocycles. The number of fused-ring (bicyclic) bond motifs is 1. The van der Waals surface area contributed by atoms with Crippen LogP contribution in [0, 0.1) is 0 Å². The first-order valence-electron chi connectivity index (χ1n) is 6.25. The number of hydrogen-bond donors (Lipinski definition) is 1. The van der Waals surface area contributed by atoms with Gasteiger partial charge in [-0.15, -0.1) is 0 Å². The average molecular weight is 248 g/mol. The van der Waals surface area contributed by atoms with E-state index >= 15 is 0 Å². The van der Waals surface area contributed by atoms with Crippen molar-refractivity contribution < 1.29 is 4.39 Å². The fourth-order valence-corrected chi connectivity index (χ4v) is 2.56. The van der Waals surface area contributed by atoms with Crippen LogP contribution in [0.4, 0.5) is 15.8 Å². The lowest BCUT2D eigenvalue weighted by Crippen LogP contribution is -2.34. The third-order valence-corrected chi connectivity index (χ3v) is 3.53. The first-order chi connectivity index (χ1) is 8.63. The molecule has 1 aliphatic heterocycles. The fraction of sp³-hybridized carbons (Fsp3) is 0.462. The molecule has 96 valence electrons. The minimum Gasteiger partial charge on any atom is -0.397 e. The summed E-state index contributed by atoms with van der Waals surface area (Å²) in [6.07, 6.45) is 2.45. The normalized spacial score (nSPS) is 17.6. The molecule has 4 nitrogen and oxygen atoms in total. The molecule has 0 bridgehead atoms. The average Bonchev–Trinajstić information content (AvgIpc) is 2.68. The Labute approximate surface area is 105 Å². The van der Waals surface area contributed by atoms with E-state index in [1.807, 2.05) is 25.4 Å². The molecule has 0 aliphatic carbocycles. The van der Waals surface area contributed by atoms with Crippen LogP contribution in [0.5, 0.6) is 0 Å². The van der Waals surface area contributed by atoms with Crippen molar-refractivity contribution in [3.05, 3.63) is 18.3 Å². The lowest BCUT2D eigenvalue weighted by Gasteiger charge is -2.31. The minimum absolute atomic E-state index is 0.583. The van der Waals surface area contributed by atoms with Gasteiger partial charge in [0.15, 0.2) is 0 Å². The van der Waals surface area contributed by atoms with Crippen LogP contribution in [-0.2, 0) is 7.05 Å². The van der Waals surface area contributed by atoms with E-state index in [0.29, 0.717) is 12.8 Å². The Morgan fingerprint density at radius 2 is 2.06 bits per heavy atom. The topological polar surface area (TPSA) is 47.1 Å². The van der Waals surface area contributed by atoms with Crippen molar-refractivity contribution in [3.63, 3.8) is 0 Å². The predicted molar refractivity (Wildman–Crippen MR) is 71.5 cm³/mol. The van der Waals surface area contributed by atoms with E-state index in [9.17, 15) is 4.39 Å². The van der Waals surface area contributed by atoms with Gasteiger partial charge in [0.25, 0.3) is 0 Å². The number of piperidine rings is 1. The van der Waals surface area contributed by atoms with Gasteiger partial charge in [-0.2, -0.15) is 5.10 Å². The van der Waals surface area contributed by atoms with Crippen LogP contribution in [0.15, 0.2) is 18.3 Å². The van der Waals surface area contributed by atoms with Crippen molar-refractivity contribution in [1.29, 1.82) is 0 Å². The van der Waals surface area contributed by atoms with Crippen LogP contribution in [0.1, 0.15) is 12.8 Å². The molecule has 0 atom stereocenters. The van der Waals surface area contributed by atoms with Crippen molar-refractivity contribution in [2.45, 2.75) is 19.0 Å². The summed E-state index contributed by atoms with van der Waals surface area (Å²) in [5, 5.41) is 5.43. The molecule has 1 aromatic carbocycles. The van der Waals surface area contributed by atoms with E-state index in [4.69, 9.17) is 5.73 Å². The van der Waals surface area contributed by atoms with E-state index in [2.05, 4.69) is 10.00 Å². The lowest BCUT2D eigenvalue weighted by atomic mass is 10.1. The Morgan fingerprint density at radius 1 is 1.33 bits per heavy atom. The highest BCUT2D eigenvalue weighted by atomic mass is 19.1. The number of hydrogen-bond acceptors (Lipinski definition) is 3. The zero-order valence-corrected chi connectivity index (χ0v) is 10.4. The maximum atomic E-state index is 13.2. The summed E-state index contributed by atoms with van der Waals surface area (Å²) in [5.41, 5.74) is 8.75. The summed E-state index contributed by atoms with van der Waals surface area (Å²) in [6.45, 7) is 1.45. The smallest absolute Gasteiger partial charge is 0.103 e. The van der Waals surface area contributed by atoms with Crippen molar-refractivity contribution >= 4 is 22.3 Å². The molecule has 0 spiro atoms. The van der Waals surface area contributed by atoms with Crippen molar-refractivity contribution in [2.75, 3.05) is 23.7 Å². The summed E-state index contributed by atoms with van der Waals surface area (Å²) >= 11 is 0. The zero-order chi connectivity index (χ0) is 12.7. The summed E-state index contributed by atoms with van der Waals surface area (Å²) in [6, 6.07) is 3.95. The van der Waals surface area contributed by atoms with Gasteiger partial charge >= 0.3 is 0 Å². The molecule has 2 aromatic rings. The molecule has 1 aromatic heterocycles. The van der Waals surface area contributed by atoms with Gasteiger partial charge in [0.2, 0.25) is 0 Å². The van der Waals surface area contributed by atoms with Gasteiger partial charge < -0.3 is 10.6 Å². The second kappa shape index (κ2) is 4.15. The quantitative estimate of drug-likeness (QED) is 0.786. The maximum absolute atomic E-state index is 13.2. The van der Waals surface area contributed by atoms with Crippen LogP contribution >= 0.6 is 0 Å². The Bertz CT molecular complexity index is 570. The Kier molecular flexibility index (Phi) is 2.61. The van der Waals surface area contributed by atoms with E-state index < -0.39 is 6.17 Å². The summed E-state index contributed by atoms with van der Waals surface area (Å²) < 4.78 is 14.9. The first-order valence-corrected chi connectivity index (χ1v) is 6.25. The number of halogens is 1. The molecule has 1 saturated heterocycles. The maximum Gasteiger partial charge on any atom is 0.103 e. The van der Waals surface area contributed by atoms with Crippen molar-refractivity contribution in [3.8, 4) is 0 Å². The number of anilines is 2. The van der Waals surface area contributed by atoms with Crippen LogP contribution in [0.2, 0.25) is 0 Å². The van der Waals surface area contributed by atoms with Gasteiger partial charge in [0.05, 0.1) is 16.9 Å². The monoisotopic (exact) mass is 248 g/mol. The predicted octanol–water partition coefficient (Wildman–Crippen LogP) is 2.09. The molecule has 2 N–H and O–H groups in total. The van der Waals surface area contributed by atoms with Gasteiger partial charge in [-0.1, -0.05) is 0 Å². The minimum atomic E-state index is -0.666. The molecule has 1 aliphatic rings. The molecule has 0 radical (unpaired) electrons. The molecule has 18 heavy (non-hydrogen) atoms. The molecule has 5 heteroatoms. The number of nitrogens with zero attached hydrogens (tertiary/aromatic N) is 3. The highest BCUT2D eigenvalue weighted by Crippen LogP contribution is 2.30. The van der Waals surface area contributed by atoms with E-state index in [1.165, 1.54) is 0 Å². The number of nitrogen functional groups attached to an aromatic ring is 1. The molecule has 3 rings (SSSR count). The molecular formula is C13H17FN4. The standard InChI is InChI=1S/C13H17FN4/c1-17-8-9-6-11(15)13(7-12(9)16-17)18-4-2-10(14)3-5-18/h6-8,10H,2-5,15H2,1H3. The highest BCUT2D eigenvalue weighted by molar-refractivity contribution is 5.89. The van der Waals surface area contributed by atoms with Crippen LogP contribution < -0.4 is 10.6 Å². The summed E-state index contributed by atoms with van der Waals surface area (Å²) in [7, 11) is 1.89. The third kappa shape index (κ3) is 1.89. The number of benzene rings is 1. The molecular weight excluding hydrogens is 231 g/mol. The van der Waals surface area contributed by atoms with Crippen LogP contribution in [0.3, 0.4) is 0 Å². The van der Waals surface area contributed by atoms with Crippen LogP contribution in [0.25, 0.3) is 10.9 Å². The fourth-order valence-electron chi connectivity index (χ4n) is 2.56. The van der Waals surface area contributed by atoms with Gasteiger partial charge in [-0.3, -0.25) is 4.68 Å². The number of aromatic nitrogens is 2. The van der Waals surface area contributed by atoms with Crippen LogP contribution in [-0.4, -0.2) is 29.0 Å². The SMILES string of the molecule is Cn1cc2cc(N)c(N3CCC(F)CC3)cc2n1. The summed E-state index contributed by atoms with van der Waals surface area (Å²) in [4.78, 5) is 2.15. The Hall–Kier alpha value is -1.78. The van der Waals surface area contributed by atoms with Crippen molar-refractivity contribution in [1.82, 2.24) is 9.78 Å². The van der Waals surface area contributed by atoms with E-state index in [1.54, 1.807) is 4.68 Å². The molecule has 1 fully saturated rings. The van der Waals surface area contributed by atoms with Gasteiger partial charge in [-0.05, 0) is 25.0 Å². The Balaban J connectivity index is 1.98. The van der Waals surface area contributed by atoms with E-state index in [-0.39, 0.29) is 0 Å². The molecule has 0 amide bonds. The van der Waals surface area contributed by atoms with E-state index in [0.717, 1.165) is 35.4 Å². The number of alkyl halides is 1. The molecule has 0 unspecified atom stereocenters. The lowest BCUT2D eigenvalue weighted by molar-refractivity contribution is 0.277. The Morgan fingerprint density at radius 3 is 2.78 bits per heavy atom. The van der Waals surface area contributed by atoms with Gasteiger partial charge in [0, 0.05) is 31.7 Å². The van der Waals surface area contributed by atoms with Crippen molar-refractivity contribution in [2.24, 2.45) is 7.05 Å². The molecule has 2 heterocycles. The third-order valence-electron chi connectivity index (χ3n) is 3.53. The second-order valence-corrected chi connectivity index (χ2v) is 4.93. The summed E-state index contributed by atoms with van der Waals surface area (Å²) in [5.74, 6) is 0. The first kappa shape index (κ1) is 11.3. The number of aryl methyl sites for hydroxylation is 1. The number of nitrogens with two attached hydrogens (primary N) is 1. The number of rotatable bonds is 1.